The Bertz CT molecular complexity index is 325. The van der Waals surface area contributed by atoms with Crippen LogP contribution in [0.3, 0.4) is 0 Å². The molecule has 0 aromatic carbocycles. The van der Waals surface area contributed by atoms with Crippen molar-refractivity contribution < 1.29 is 14.6 Å². The van der Waals surface area contributed by atoms with Gasteiger partial charge in [-0.1, -0.05) is 0 Å². The third kappa shape index (κ3) is 3.23. The van der Waals surface area contributed by atoms with Crippen molar-refractivity contribution in [1.29, 1.82) is 0 Å². The number of rotatable bonds is 5. The van der Waals surface area contributed by atoms with Crippen LogP contribution in [-0.2, 0) is 0 Å². The lowest BCUT2D eigenvalue weighted by Crippen LogP contribution is -2.50. The van der Waals surface area contributed by atoms with E-state index in [0.717, 1.165) is 6.20 Å². The van der Waals surface area contributed by atoms with Gasteiger partial charge in [-0.2, -0.15) is 0 Å². The Morgan fingerprint density at radius 1 is 1.44 bits per heavy atom. The van der Waals surface area contributed by atoms with Gasteiger partial charge in [-0.15, -0.1) is 0 Å². The van der Waals surface area contributed by atoms with Gasteiger partial charge in [0.2, 0.25) is 0 Å². The zero-order valence-electron chi connectivity index (χ0n) is 9.44. The molecular formula is C11H17FN2O2. The first-order valence-corrected chi connectivity index (χ1v) is 5.11. The van der Waals surface area contributed by atoms with Crippen LogP contribution in [0, 0.1) is 5.82 Å². The minimum Gasteiger partial charge on any atom is -0.394 e. The van der Waals surface area contributed by atoms with Gasteiger partial charge in [0.1, 0.15) is 5.82 Å². The Labute approximate surface area is 94.1 Å². The second-order valence-electron chi connectivity index (χ2n) is 4.14. The molecule has 0 radical (unpaired) electrons. The highest BCUT2D eigenvalue weighted by Gasteiger charge is 2.24. The predicted molar refractivity (Wildman–Crippen MR) is 58.3 cm³/mol. The largest absolute Gasteiger partial charge is 0.394 e. The Kier molecular flexibility index (Phi) is 4.35. The van der Waals surface area contributed by atoms with Crippen LogP contribution in [0.2, 0.25) is 0 Å². The molecule has 16 heavy (non-hydrogen) atoms. The Morgan fingerprint density at radius 3 is 2.50 bits per heavy atom. The number of aliphatic hydroxyl groups excluding tert-OH is 2. The maximum atomic E-state index is 12.7. The lowest BCUT2D eigenvalue weighted by Gasteiger charge is -2.30. The van der Waals surface area contributed by atoms with Gasteiger partial charge in [0, 0.05) is 6.04 Å². The summed E-state index contributed by atoms with van der Waals surface area (Å²) in [5.41, 5.74) is -0.107. The number of nitrogens with one attached hydrogen (secondary N) is 1. The normalized spacial score (nSPS) is 13.8. The summed E-state index contributed by atoms with van der Waals surface area (Å²) in [6.07, 6.45) is 1.14. The lowest BCUT2D eigenvalue weighted by atomic mass is 10.0. The number of nitrogens with zero attached hydrogens (tertiary/aromatic N) is 1. The van der Waals surface area contributed by atoms with Crippen molar-refractivity contribution in [3.63, 3.8) is 0 Å². The van der Waals surface area contributed by atoms with E-state index in [1.165, 1.54) is 6.07 Å². The van der Waals surface area contributed by atoms with Gasteiger partial charge in [0.15, 0.2) is 0 Å². The molecule has 1 unspecified atom stereocenters. The van der Waals surface area contributed by atoms with Crippen LogP contribution in [-0.4, -0.2) is 33.9 Å². The minimum atomic E-state index is -0.768. The molecule has 0 aliphatic carbocycles. The molecule has 1 atom stereocenters. The highest BCUT2D eigenvalue weighted by molar-refractivity contribution is 5.10. The second kappa shape index (κ2) is 5.34. The van der Waals surface area contributed by atoms with E-state index in [9.17, 15) is 4.39 Å². The van der Waals surface area contributed by atoms with E-state index in [4.69, 9.17) is 10.2 Å². The van der Waals surface area contributed by atoms with Crippen LogP contribution in [0.5, 0.6) is 0 Å². The van der Waals surface area contributed by atoms with Gasteiger partial charge >= 0.3 is 0 Å². The number of hydrogen-bond donors (Lipinski definition) is 3. The van der Waals surface area contributed by atoms with Crippen molar-refractivity contribution in [2.24, 2.45) is 0 Å². The van der Waals surface area contributed by atoms with E-state index in [0.29, 0.717) is 5.69 Å². The first-order valence-electron chi connectivity index (χ1n) is 5.11. The van der Waals surface area contributed by atoms with Gasteiger partial charge in [-0.05, 0) is 26.0 Å². The standard InChI is InChI=1S/C11H17FN2O2/c1-8(14-11(2,6-15)7-16)10-4-3-9(12)5-13-10/h3-5,8,14-16H,6-7H2,1-2H3. The molecule has 0 saturated carbocycles. The van der Waals surface area contributed by atoms with Crippen molar-refractivity contribution in [1.82, 2.24) is 10.3 Å². The molecule has 1 heterocycles. The van der Waals surface area contributed by atoms with Gasteiger partial charge in [-0.25, -0.2) is 4.39 Å². The molecule has 0 spiro atoms. The highest BCUT2D eigenvalue weighted by atomic mass is 19.1. The van der Waals surface area contributed by atoms with Crippen LogP contribution in [0.15, 0.2) is 18.3 Å². The monoisotopic (exact) mass is 228 g/mol. The Hall–Kier alpha value is -1.04. The fourth-order valence-electron chi connectivity index (χ4n) is 1.38. The van der Waals surface area contributed by atoms with E-state index in [1.807, 2.05) is 6.92 Å². The van der Waals surface area contributed by atoms with Crippen LogP contribution < -0.4 is 5.32 Å². The first kappa shape index (κ1) is 13.0. The SMILES string of the molecule is CC(NC(C)(CO)CO)c1ccc(F)cn1. The fourth-order valence-corrected chi connectivity index (χ4v) is 1.38. The summed E-state index contributed by atoms with van der Waals surface area (Å²) in [5, 5.41) is 21.3. The smallest absolute Gasteiger partial charge is 0.141 e. The summed E-state index contributed by atoms with van der Waals surface area (Å²) in [6.45, 7) is 3.17. The molecule has 90 valence electrons. The summed E-state index contributed by atoms with van der Waals surface area (Å²) in [7, 11) is 0. The molecule has 1 aromatic rings. The third-order valence-corrected chi connectivity index (χ3v) is 2.46. The molecule has 1 aromatic heterocycles. The molecule has 0 aliphatic rings. The molecule has 0 aliphatic heterocycles. The van der Waals surface area contributed by atoms with Crippen molar-refractivity contribution in [3.8, 4) is 0 Å². The average Bonchev–Trinajstić information content (AvgIpc) is 2.29. The molecule has 1 rings (SSSR count). The Balaban J connectivity index is 2.71. The van der Waals surface area contributed by atoms with Gasteiger partial charge < -0.3 is 10.2 Å². The van der Waals surface area contributed by atoms with Gasteiger partial charge in [0.25, 0.3) is 0 Å². The number of hydrogen-bond acceptors (Lipinski definition) is 4. The molecule has 0 bridgehead atoms. The Morgan fingerprint density at radius 2 is 2.06 bits per heavy atom. The average molecular weight is 228 g/mol. The van der Waals surface area contributed by atoms with E-state index >= 15 is 0 Å². The number of aliphatic hydroxyl groups is 2. The van der Waals surface area contributed by atoms with Gasteiger partial charge in [0.05, 0.1) is 30.6 Å². The van der Waals surface area contributed by atoms with E-state index in [2.05, 4.69) is 10.3 Å². The molecule has 4 nitrogen and oxygen atoms in total. The maximum Gasteiger partial charge on any atom is 0.141 e. The summed E-state index contributed by atoms with van der Waals surface area (Å²) in [4.78, 5) is 3.93. The quantitative estimate of drug-likeness (QED) is 0.691. The van der Waals surface area contributed by atoms with E-state index in [1.54, 1.807) is 13.0 Å². The zero-order chi connectivity index (χ0) is 12.2. The molecule has 0 saturated heterocycles. The van der Waals surface area contributed by atoms with Crippen molar-refractivity contribution in [3.05, 3.63) is 29.8 Å². The summed E-state index contributed by atoms with van der Waals surface area (Å²) in [5.74, 6) is -0.386. The lowest BCUT2D eigenvalue weighted by molar-refractivity contribution is 0.0953. The molecular weight excluding hydrogens is 211 g/mol. The van der Waals surface area contributed by atoms with Crippen LogP contribution in [0.25, 0.3) is 0 Å². The summed E-state index contributed by atoms with van der Waals surface area (Å²) < 4.78 is 12.7. The predicted octanol–water partition coefficient (Wildman–Crippen LogP) is 0.615. The summed E-state index contributed by atoms with van der Waals surface area (Å²) >= 11 is 0. The highest BCUT2D eigenvalue weighted by Crippen LogP contribution is 2.14. The van der Waals surface area contributed by atoms with Crippen LogP contribution in [0.4, 0.5) is 4.39 Å². The van der Waals surface area contributed by atoms with Crippen LogP contribution in [0.1, 0.15) is 25.6 Å². The topological polar surface area (TPSA) is 65.4 Å². The van der Waals surface area contributed by atoms with Crippen molar-refractivity contribution in [2.45, 2.75) is 25.4 Å². The van der Waals surface area contributed by atoms with Gasteiger partial charge in [-0.3, -0.25) is 10.3 Å². The zero-order valence-corrected chi connectivity index (χ0v) is 9.44. The minimum absolute atomic E-state index is 0.176. The maximum absolute atomic E-state index is 12.7. The van der Waals surface area contributed by atoms with E-state index in [-0.39, 0.29) is 25.1 Å². The van der Waals surface area contributed by atoms with Crippen molar-refractivity contribution in [2.75, 3.05) is 13.2 Å². The molecule has 0 amide bonds. The molecule has 5 heteroatoms. The number of halogens is 1. The number of pyridine rings is 1. The summed E-state index contributed by atoms with van der Waals surface area (Å²) in [6, 6.07) is 2.72. The first-order chi connectivity index (χ1) is 7.50. The molecule has 3 N–H and O–H groups in total. The van der Waals surface area contributed by atoms with Crippen LogP contribution >= 0.6 is 0 Å². The fraction of sp³-hybridized carbons (Fsp3) is 0.545. The number of aromatic nitrogens is 1. The molecule has 0 fully saturated rings. The second-order valence-corrected chi connectivity index (χ2v) is 4.14. The third-order valence-electron chi connectivity index (χ3n) is 2.46. The van der Waals surface area contributed by atoms with E-state index < -0.39 is 5.54 Å². The van der Waals surface area contributed by atoms with Crippen molar-refractivity contribution >= 4 is 0 Å².